The van der Waals surface area contributed by atoms with Crippen molar-refractivity contribution >= 4 is 295 Å². The number of aliphatic hydroxyl groups is 4. The molecule has 0 radical (unpaired) electrons. The van der Waals surface area contributed by atoms with Crippen LogP contribution in [-0.2, 0) is 90.7 Å². The number of ketones is 3. The smallest absolute Gasteiger partial charge is 0.325 e. The molecule has 0 amide bonds. The summed E-state index contributed by atoms with van der Waals surface area (Å²) in [6, 6.07) is 12.2. The number of carboxylic acids is 4. The van der Waals surface area contributed by atoms with Gasteiger partial charge in [-0.05, 0) is 147 Å². The molecule has 50 heteroatoms. The number of nitrogens with two attached hydrogens (primary N) is 1. The van der Waals surface area contributed by atoms with E-state index in [4.69, 9.17) is 55.0 Å². The first-order valence-electron chi connectivity index (χ1n) is 36.6. The van der Waals surface area contributed by atoms with Crippen molar-refractivity contribution in [3.8, 4) is 0 Å². The maximum Gasteiger partial charge on any atom is 0.325 e. The maximum absolute atomic E-state index is 12.6. The second kappa shape index (κ2) is 63.0. The fraction of sp³-hybridized carbons (Fsp3) is 0.721. The van der Waals surface area contributed by atoms with Gasteiger partial charge in [-0.3, -0.25) is 37.1 Å². The van der Waals surface area contributed by atoms with Crippen molar-refractivity contribution in [2.24, 2.45) is 11.1 Å². The maximum atomic E-state index is 12.6. The van der Waals surface area contributed by atoms with Crippen LogP contribution in [0.25, 0.3) is 0 Å². The van der Waals surface area contributed by atoms with Gasteiger partial charge < -0.3 is 51.4 Å². The summed E-state index contributed by atoms with van der Waals surface area (Å²) in [6.45, 7) is 8.72. The number of rotatable bonds is 19. The zero-order valence-corrected chi connectivity index (χ0v) is 85.0. The number of unbranched alkanes of at least 4 members (excludes halogenated alkanes) is 1. The number of benzene rings is 2. The first-order valence-corrected chi connectivity index (χ1v) is 67.5. The van der Waals surface area contributed by atoms with E-state index in [1.807, 2.05) is 57.0 Å². The van der Waals surface area contributed by atoms with Gasteiger partial charge in [-0.2, -0.15) is 16.8 Å². The van der Waals surface area contributed by atoms with Crippen LogP contribution in [0.3, 0.4) is 0 Å². The molecule has 0 aliphatic carbocycles. The lowest BCUT2D eigenvalue weighted by Crippen LogP contribution is -2.50. The molecule has 0 bridgehead atoms. The van der Waals surface area contributed by atoms with E-state index in [1.165, 1.54) is 130 Å². The van der Waals surface area contributed by atoms with Crippen molar-refractivity contribution in [3.63, 3.8) is 0 Å². The van der Waals surface area contributed by atoms with Crippen molar-refractivity contribution < 1.29 is 116 Å². The molecule has 13 rings (SSSR count). The number of Topliss-reactive ketones (excluding diaryl/α,β-unsaturated/α-hetero) is 3. The molecule has 11 saturated heterocycles. The van der Waals surface area contributed by atoms with Crippen molar-refractivity contribution in [2.75, 3.05) is 105 Å². The Hall–Kier alpha value is 1.85. The molecule has 11 fully saturated rings. The van der Waals surface area contributed by atoms with E-state index in [0.717, 1.165) is 126 Å². The molecular weight excluding hydrogens is 2000 g/mol. The molecule has 11 aliphatic rings. The molecule has 26 nitrogen and oxygen atoms in total. The van der Waals surface area contributed by atoms with E-state index >= 15 is 0 Å². The Balaban J connectivity index is 0.000000350. The summed E-state index contributed by atoms with van der Waals surface area (Å²) in [4.78, 5) is 73.6. The molecule has 11 aliphatic heterocycles. The first-order chi connectivity index (χ1) is 55.8. The van der Waals surface area contributed by atoms with Gasteiger partial charge in [-0.1, -0.05) is 236 Å². The van der Waals surface area contributed by atoms with Crippen LogP contribution in [0.5, 0.6) is 0 Å². The molecule has 12 unspecified atom stereocenters. The summed E-state index contributed by atoms with van der Waals surface area (Å²) in [5, 5.41) is 69.5. The second-order valence-electron chi connectivity index (χ2n) is 26.8. The summed E-state index contributed by atoms with van der Waals surface area (Å²) >= 11 is 0. The standard InChI is InChI=1S/C18H20O7S4.C9H16OS2.C6H8O4S2.C6H8O3S2.C5H10O2S2.C5H8OS2.C4H7NO2S2.2C4H8O2S2.C4H8OS2.C3H6S2/c1-13-3-7-15(8-4-13)28(20,21)24-17-11-26-27(19)12-18(17)25-29(22,23)16-9-5-14(2)6-10-16;1-8(10)4-2-3-5-9-6-7-11-12-9;7-5(8)3-1-2-4(6(9)10)12-11-3;1-3(7)4-2-5(6(8)9)11-10-4;6-1-5(2-7)3-8-9-4-5;1-4(6)5-2-3-7-8-5;5-4(3(6)7)1-8-9-2-4;5-3-1-7-8-2-4(3)6;5-8(6)4-2-1-3-7-8;5-7-4-2-1-3-6-7;1-2-4-5-3-1/h3-10,17-18H,11-12H2,1-2H3;9H,2-7H2,1H3;3-4H,1-2H2,(H,7,8)(H,9,10);4-5H,2H2,1H3,(H,8,9);6-7H,1-4H2;5H,2-3H2,1H3;1-2,5H2,(H,6,7);3-6H,1-2H2;1-4H2;1-4H2;1-3H2. The predicted octanol–water partition coefficient (Wildman–Crippen LogP) is 14.2. The fourth-order valence-electron chi connectivity index (χ4n) is 9.10. The van der Waals surface area contributed by atoms with Gasteiger partial charge >= 0.3 is 23.9 Å². The lowest BCUT2D eigenvalue weighted by Gasteiger charge is -2.29. The minimum absolute atomic E-state index is 0.0196. The molecule has 0 saturated carbocycles. The number of aliphatic carboxylic acids is 4. The molecule has 2 aromatic carbocycles. The van der Waals surface area contributed by atoms with Crippen molar-refractivity contribution in [1.82, 2.24) is 0 Å². The monoisotopic (exact) mass is 2110 g/mol. The SMILES string of the molecule is C1CSSC1.CC(=O)C1CC(C(=O)O)SS1.CC(=O)C1CCSS1.CC(=O)CCCCC1CCSS1.Cc1ccc(S(=O)(=O)OC2CSS(=O)CC2OS(=O)(=O)c2ccc(C)cc2)cc1.NC1(C(=O)O)CSSC1.O=C(O)C1CCC(C(=O)O)SS1.O=S1(=O)CCCCS1.O=S1CCCCS1.OC1CSSCC1O.OCC1(CO)CSSC1. The number of carbonyl (C=O) groups excluding carboxylic acids is 3. The summed E-state index contributed by atoms with van der Waals surface area (Å²) < 4.78 is 105. The number of hydrogen-bond donors (Lipinski definition) is 9. The molecule has 0 spiro atoms. The normalized spacial score (nSPS) is 27.0. The third-order valence-corrected chi connectivity index (χ3v) is 51.7. The fourth-order valence-corrected chi connectivity index (χ4v) is 42.7. The van der Waals surface area contributed by atoms with Crippen LogP contribution in [0.2, 0.25) is 0 Å². The van der Waals surface area contributed by atoms with Crippen molar-refractivity contribution in [1.29, 1.82) is 0 Å². The minimum Gasteiger partial charge on any atom is -0.480 e. The summed E-state index contributed by atoms with van der Waals surface area (Å²) in [7, 11) is 17.0. The highest BCUT2D eigenvalue weighted by molar-refractivity contribution is 8.79. The Morgan fingerprint density at radius 3 is 1.31 bits per heavy atom. The van der Waals surface area contributed by atoms with Crippen LogP contribution >= 0.6 is 205 Å². The van der Waals surface area contributed by atoms with Crippen LogP contribution in [-0.4, -0.2) is 282 Å². The average Bonchev–Trinajstić information content (AvgIpc) is 1.07. The highest BCUT2D eigenvalue weighted by atomic mass is 33.1. The van der Waals surface area contributed by atoms with Gasteiger partial charge in [0, 0.05) is 97.6 Å². The summed E-state index contributed by atoms with van der Waals surface area (Å²) in [5.74, 6) is 9.75. The Morgan fingerprint density at radius 2 is 0.992 bits per heavy atom. The van der Waals surface area contributed by atoms with E-state index in [0.29, 0.717) is 64.8 Å². The van der Waals surface area contributed by atoms with Crippen molar-refractivity contribution in [3.05, 3.63) is 59.7 Å². The zero-order valence-electron chi connectivity index (χ0n) is 65.4. The van der Waals surface area contributed by atoms with Crippen LogP contribution in [0.1, 0.15) is 122 Å². The molecule has 11 heterocycles. The summed E-state index contributed by atoms with van der Waals surface area (Å²) in [5.41, 5.74) is 6.08. The van der Waals surface area contributed by atoms with Crippen LogP contribution < -0.4 is 5.73 Å². The Bertz CT molecular complexity index is 3610. The molecule has 678 valence electrons. The van der Waals surface area contributed by atoms with E-state index < -0.39 is 118 Å². The Kier molecular flexibility index (Phi) is 60.9. The lowest BCUT2D eigenvalue weighted by molar-refractivity contribution is -0.141. The van der Waals surface area contributed by atoms with E-state index in [2.05, 4.69) is 0 Å². The van der Waals surface area contributed by atoms with Gasteiger partial charge in [0.05, 0.1) is 76.9 Å². The minimum atomic E-state index is -4.18. The van der Waals surface area contributed by atoms with Crippen LogP contribution in [0.15, 0.2) is 58.3 Å². The quantitative estimate of drug-likeness (QED) is 0.0358. The highest BCUT2D eigenvalue weighted by Crippen LogP contribution is 2.46. The summed E-state index contributed by atoms with van der Waals surface area (Å²) in [6.07, 6.45) is 10.7. The Labute approximate surface area is 774 Å². The molecule has 0 aromatic heterocycles. The zero-order chi connectivity index (χ0) is 87.9. The lowest BCUT2D eigenvalue weighted by atomic mass is 9.96. The number of aliphatic hydroxyl groups excluding tert-OH is 4. The third kappa shape index (κ3) is 49.2. The third-order valence-electron chi connectivity index (χ3n) is 16.4. The number of carbonyl (C=O) groups is 7. The molecular formula is C68H107NO25S24. The van der Waals surface area contributed by atoms with Gasteiger partial charge in [-0.25, -0.2) is 16.8 Å². The van der Waals surface area contributed by atoms with Gasteiger partial charge in [0.2, 0.25) is 8.87 Å². The predicted molar refractivity (Wildman–Crippen MR) is 519 cm³/mol. The largest absolute Gasteiger partial charge is 0.480 e. The van der Waals surface area contributed by atoms with Gasteiger partial charge in [0.15, 0.2) is 0 Å². The Morgan fingerprint density at radius 1 is 0.508 bits per heavy atom. The van der Waals surface area contributed by atoms with Crippen LogP contribution in [0.4, 0.5) is 0 Å². The first kappa shape index (κ1) is 114. The molecule has 12 atom stereocenters. The molecule has 10 N–H and O–H groups in total. The molecule has 2 aromatic rings. The second-order valence-corrected chi connectivity index (χ2v) is 62.1. The van der Waals surface area contributed by atoms with Gasteiger partial charge in [-0.15, -0.1) is 0 Å². The highest BCUT2D eigenvalue weighted by Gasteiger charge is 2.41. The van der Waals surface area contributed by atoms with Gasteiger partial charge in [0.1, 0.15) is 50.8 Å². The number of carboxylic acid groups (broad SMARTS) is 4. The molecule has 118 heavy (non-hydrogen) atoms. The van der Waals surface area contributed by atoms with Crippen LogP contribution in [0, 0.1) is 19.3 Å². The van der Waals surface area contributed by atoms with Crippen molar-refractivity contribution in [2.45, 2.75) is 196 Å². The average molecular weight is 2110 g/mol. The van der Waals surface area contributed by atoms with E-state index in [-0.39, 0.29) is 51.0 Å². The number of hydrogen-bond acceptors (Lipinski definition) is 41. The van der Waals surface area contributed by atoms with E-state index in [1.54, 1.807) is 114 Å². The topological polar surface area (TPSA) is 462 Å². The number of aryl methyl sites for hydroxylation is 2. The van der Waals surface area contributed by atoms with Gasteiger partial charge in [0.25, 0.3) is 20.2 Å². The van der Waals surface area contributed by atoms with E-state index in [9.17, 15) is 67.2 Å².